The number of nitrogens with one attached hydrogen (secondary N) is 1. The van der Waals surface area contributed by atoms with Crippen LogP contribution in [0, 0.1) is 0 Å². The zero-order valence-electron chi connectivity index (χ0n) is 17.4. The Labute approximate surface area is 181 Å². The van der Waals surface area contributed by atoms with Crippen molar-refractivity contribution in [1.82, 2.24) is 10.3 Å². The van der Waals surface area contributed by atoms with E-state index in [-0.39, 0.29) is 10.8 Å². The topological polar surface area (TPSA) is 97.8 Å². The first-order valence-corrected chi connectivity index (χ1v) is 10.8. The highest BCUT2D eigenvalue weighted by Crippen LogP contribution is 2.31. The molecule has 0 radical (unpaired) electrons. The molecule has 3 aromatic rings. The second-order valence-electron chi connectivity index (χ2n) is 6.58. The molecule has 1 amide bonds. The van der Waals surface area contributed by atoms with Crippen LogP contribution in [0.15, 0.2) is 71.9 Å². The zero-order chi connectivity index (χ0) is 22.4. The molecule has 0 fully saturated rings. The number of pyridine rings is 1. The van der Waals surface area contributed by atoms with Crippen LogP contribution in [-0.2, 0) is 16.6 Å². The molecule has 9 heteroatoms. The molecule has 0 atom stereocenters. The van der Waals surface area contributed by atoms with E-state index in [2.05, 4.69) is 10.3 Å². The third-order valence-electron chi connectivity index (χ3n) is 4.68. The summed E-state index contributed by atoms with van der Waals surface area (Å²) in [5.74, 6) is 0.490. The number of aromatic nitrogens is 1. The van der Waals surface area contributed by atoms with Gasteiger partial charge in [0, 0.05) is 37.6 Å². The smallest absolute Gasteiger partial charge is 0.264 e. The minimum atomic E-state index is -3.84. The Morgan fingerprint density at radius 1 is 1.03 bits per heavy atom. The molecule has 3 rings (SSSR count). The molecule has 31 heavy (non-hydrogen) atoms. The van der Waals surface area contributed by atoms with E-state index in [1.165, 1.54) is 39.5 Å². The van der Waals surface area contributed by atoms with Gasteiger partial charge in [0.2, 0.25) is 0 Å². The molecule has 0 bridgehead atoms. The van der Waals surface area contributed by atoms with Crippen LogP contribution in [0.25, 0.3) is 0 Å². The van der Waals surface area contributed by atoms with Crippen LogP contribution in [0.3, 0.4) is 0 Å². The van der Waals surface area contributed by atoms with Crippen molar-refractivity contribution < 1.29 is 22.7 Å². The fourth-order valence-electron chi connectivity index (χ4n) is 2.88. The summed E-state index contributed by atoms with van der Waals surface area (Å²) in [4.78, 5) is 16.4. The van der Waals surface area contributed by atoms with E-state index >= 15 is 0 Å². The lowest BCUT2D eigenvalue weighted by molar-refractivity contribution is 0.0951. The van der Waals surface area contributed by atoms with E-state index in [1.807, 2.05) is 6.07 Å². The molecular formula is C22H23N3O5S. The number of methoxy groups -OCH3 is 2. The average Bonchev–Trinajstić information content (AvgIpc) is 2.82. The molecule has 2 aromatic carbocycles. The van der Waals surface area contributed by atoms with Crippen molar-refractivity contribution in [3.8, 4) is 11.5 Å². The van der Waals surface area contributed by atoms with E-state index in [4.69, 9.17) is 9.47 Å². The normalized spacial score (nSPS) is 10.9. The Kier molecular flexibility index (Phi) is 6.76. The highest BCUT2D eigenvalue weighted by molar-refractivity contribution is 7.92. The number of amides is 1. The van der Waals surface area contributed by atoms with Crippen LogP contribution in [0.1, 0.15) is 15.9 Å². The molecule has 0 unspecified atom stereocenters. The summed E-state index contributed by atoms with van der Waals surface area (Å²) in [7, 11) is 0.529. The number of rotatable bonds is 8. The Bertz CT molecular complexity index is 1150. The van der Waals surface area contributed by atoms with Crippen molar-refractivity contribution in [2.24, 2.45) is 0 Å². The molecule has 0 aliphatic rings. The lowest BCUT2D eigenvalue weighted by Crippen LogP contribution is -2.27. The monoisotopic (exact) mass is 441 g/mol. The van der Waals surface area contributed by atoms with Gasteiger partial charge in [-0.15, -0.1) is 0 Å². The van der Waals surface area contributed by atoms with Gasteiger partial charge in [0.25, 0.3) is 15.9 Å². The lowest BCUT2D eigenvalue weighted by atomic mass is 10.2. The predicted octanol–water partition coefficient (Wildman–Crippen LogP) is 2.85. The van der Waals surface area contributed by atoms with E-state index in [0.29, 0.717) is 29.3 Å². The van der Waals surface area contributed by atoms with Crippen molar-refractivity contribution in [2.45, 2.75) is 11.4 Å². The van der Waals surface area contributed by atoms with Crippen LogP contribution in [-0.4, -0.2) is 40.6 Å². The molecule has 0 spiro atoms. The number of nitrogens with zero attached hydrogens (tertiary/aromatic N) is 2. The van der Waals surface area contributed by atoms with Gasteiger partial charge in [-0.25, -0.2) is 8.42 Å². The first-order valence-electron chi connectivity index (χ1n) is 9.35. The Morgan fingerprint density at radius 2 is 1.74 bits per heavy atom. The number of anilines is 1. The second kappa shape index (κ2) is 9.48. The van der Waals surface area contributed by atoms with Gasteiger partial charge < -0.3 is 14.8 Å². The van der Waals surface area contributed by atoms with Gasteiger partial charge in [0.05, 0.1) is 24.8 Å². The van der Waals surface area contributed by atoms with Crippen LogP contribution in [0.4, 0.5) is 5.69 Å². The maximum atomic E-state index is 13.0. The van der Waals surface area contributed by atoms with Gasteiger partial charge in [-0.05, 0) is 48.0 Å². The fraction of sp³-hybridized carbons (Fsp3) is 0.182. The summed E-state index contributed by atoms with van der Waals surface area (Å²) in [5, 5.41) is 2.81. The van der Waals surface area contributed by atoms with Crippen molar-refractivity contribution in [2.75, 3.05) is 25.6 Å². The Hall–Kier alpha value is -3.59. The minimum Gasteiger partial charge on any atom is -0.493 e. The van der Waals surface area contributed by atoms with Crippen LogP contribution in [0.5, 0.6) is 11.5 Å². The lowest BCUT2D eigenvalue weighted by Gasteiger charge is -2.20. The minimum absolute atomic E-state index is 0.0611. The molecular weight excluding hydrogens is 418 g/mol. The van der Waals surface area contributed by atoms with E-state index in [0.717, 1.165) is 9.87 Å². The van der Waals surface area contributed by atoms with Gasteiger partial charge >= 0.3 is 0 Å². The number of carbonyl (C=O) groups excluding carboxylic acids is 1. The number of hydrogen-bond acceptors (Lipinski definition) is 6. The first-order chi connectivity index (χ1) is 14.9. The zero-order valence-corrected chi connectivity index (χ0v) is 18.2. The maximum absolute atomic E-state index is 13.0. The van der Waals surface area contributed by atoms with Gasteiger partial charge in [-0.2, -0.15) is 0 Å². The summed E-state index contributed by atoms with van der Waals surface area (Å²) in [5.41, 5.74) is 1.72. The third-order valence-corrected chi connectivity index (χ3v) is 6.46. The molecule has 1 heterocycles. The van der Waals surface area contributed by atoms with Crippen LogP contribution >= 0.6 is 0 Å². The molecule has 1 N–H and O–H groups in total. The number of benzene rings is 2. The van der Waals surface area contributed by atoms with Crippen molar-refractivity contribution >= 4 is 21.6 Å². The molecule has 8 nitrogen and oxygen atoms in total. The third kappa shape index (κ3) is 4.95. The summed E-state index contributed by atoms with van der Waals surface area (Å²) >= 11 is 0. The van der Waals surface area contributed by atoms with Crippen molar-refractivity contribution in [3.63, 3.8) is 0 Å². The highest BCUT2D eigenvalue weighted by atomic mass is 32.2. The van der Waals surface area contributed by atoms with Crippen molar-refractivity contribution in [3.05, 3.63) is 78.1 Å². The summed E-state index contributed by atoms with van der Waals surface area (Å²) in [6.07, 6.45) is 3.34. The first kappa shape index (κ1) is 22.1. The van der Waals surface area contributed by atoms with E-state index < -0.39 is 10.0 Å². The molecule has 0 aliphatic heterocycles. The molecule has 0 aliphatic carbocycles. The van der Waals surface area contributed by atoms with Crippen molar-refractivity contribution in [1.29, 1.82) is 0 Å². The van der Waals surface area contributed by atoms with Gasteiger partial charge in [-0.3, -0.25) is 14.1 Å². The molecule has 0 saturated carbocycles. The number of sulfonamides is 1. The molecule has 162 valence electrons. The van der Waals surface area contributed by atoms with Gasteiger partial charge in [0.15, 0.2) is 11.5 Å². The van der Waals surface area contributed by atoms with Crippen LogP contribution in [0.2, 0.25) is 0 Å². The summed E-state index contributed by atoms with van der Waals surface area (Å²) in [6, 6.07) is 14.4. The fourth-order valence-corrected chi connectivity index (χ4v) is 4.10. The van der Waals surface area contributed by atoms with Gasteiger partial charge in [-0.1, -0.05) is 6.07 Å². The second-order valence-corrected chi connectivity index (χ2v) is 8.55. The standard InChI is InChI=1S/C22H23N3O5S/c1-25(31(27,28)19-10-11-20(29-2)21(13-19)30-3)18-8-6-17(7-9-18)22(26)24-15-16-5-4-12-23-14-16/h4-14H,15H2,1-3H3,(H,24,26). The van der Waals surface area contributed by atoms with E-state index in [1.54, 1.807) is 42.7 Å². The number of hydrogen-bond donors (Lipinski definition) is 1. The quantitative estimate of drug-likeness (QED) is 0.577. The Balaban J connectivity index is 1.74. The SMILES string of the molecule is COc1ccc(S(=O)(=O)N(C)c2ccc(C(=O)NCc3cccnc3)cc2)cc1OC. The molecule has 0 saturated heterocycles. The maximum Gasteiger partial charge on any atom is 0.264 e. The summed E-state index contributed by atoms with van der Waals surface area (Å²) < 4.78 is 37.5. The largest absolute Gasteiger partial charge is 0.493 e. The number of ether oxygens (including phenoxy) is 2. The van der Waals surface area contributed by atoms with Gasteiger partial charge in [0.1, 0.15) is 0 Å². The number of carbonyl (C=O) groups is 1. The molecule has 1 aromatic heterocycles. The predicted molar refractivity (Wildman–Crippen MR) is 117 cm³/mol. The Morgan fingerprint density at radius 3 is 2.35 bits per heavy atom. The summed E-state index contributed by atoms with van der Waals surface area (Å²) in [6.45, 7) is 0.349. The van der Waals surface area contributed by atoms with E-state index in [9.17, 15) is 13.2 Å². The highest BCUT2D eigenvalue weighted by Gasteiger charge is 2.23. The van der Waals surface area contributed by atoms with Crippen LogP contribution < -0.4 is 19.1 Å². The average molecular weight is 442 g/mol.